The van der Waals surface area contributed by atoms with Crippen LogP contribution in [0.4, 0.5) is 0 Å². The SMILES string of the molecule is CCC1(C(N)c2ccc(C)o2)CCCC1. The van der Waals surface area contributed by atoms with E-state index in [2.05, 4.69) is 6.92 Å². The Morgan fingerprint density at radius 3 is 2.53 bits per heavy atom. The molecule has 0 radical (unpaired) electrons. The molecule has 0 aliphatic heterocycles. The van der Waals surface area contributed by atoms with Crippen molar-refractivity contribution in [2.24, 2.45) is 11.1 Å². The van der Waals surface area contributed by atoms with E-state index in [4.69, 9.17) is 10.2 Å². The topological polar surface area (TPSA) is 39.2 Å². The van der Waals surface area contributed by atoms with Gasteiger partial charge in [-0.1, -0.05) is 19.8 Å². The summed E-state index contributed by atoms with van der Waals surface area (Å²) in [5.74, 6) is 1.93. The molecule has 1 aliphatic rings. The highest BCUT2D eigenvalue weighted by Crippen LogP contribution is 2.48. The van der Waals surface area contributed by atoms with Crippen LogP contribution >= 0.6 is 0 Å². The molecule has 2 nitrogen and oxygen atoms in total. The molecule has 1 aromatic rings. The van der Waals surface area contributed by atoms with Gasteiger partial charge in [-0.05, 0) is 43.7 Å². The molecule has 0 aromatic carbocycles. The maximum absolute atomic E-state index is 6.37. The van der Waals surface area contributed by atoms with E-state index < -0.39 is 0 Å². The Hall–Kier alpha value is -0.760. The minimum Gasteiger partial charge on any atom is -0.465 e. The quantitative estimate of drug-likeness (QED) is 0.823. The Bertz CT molecular complexity index is 323. The van der Waals surface area contributed by atoms with Crippen molar-refractivity contribution >= 4 is 0 Å². The lowest BCUT2D eigenvalue weighted by Gasteiger charge is -2.33. The zero-order valence-electron chi connectivity index (χ0n) is 9.75. The normalized spacial score (nSPS) is 21.8. The Labute approximate surface area is 91.8 Å². The van der Waals surface area contributed by atoms with Crippen LogP contribution in [0.2, 0.25) is 0 Å². The molecule has 0 bridgehead atoms. The molecule has 15 heavy (non-hydrogen) atoms. The molecule has 0 spiro atoms. The van der Waals surface area contributed by atoms with Crippen LogP contribution in [0.3, 0.4) is 0 Å². The molecule has 0 amide bonds. The lowest BCUT2D eigenvalue weighted by molar-refractivity contribution is 0.198. The first-order valence-electron chi connectivity index (χ1n) is 6.00. The summed E-state index contributed by atoms with van der Waals surface area (Å²) in [7, 11) is 0. The van der Waals surface area contributed by atoms with Gasteiger partial charge in [0.15, 0.2) is 0 Å². The summed E-state index contributed by atoms with van der Waals surface area (Å²) in [4.78, 5) is 0. The molecule has 1 fully saturated rings. The van der Waals surface area contributed by atoms with E-state index in [0.29, 0.717) is 5.41 Å². The average molecular weight is 207 g/mol. The molecule has 2 rings (SSSR count). The molecule has 1 aliphatic carbocycles. The maximum atomic E-state index is 6.37. The first-order valence-corrected chi connectivity index (χ1v) is 6.00. The van der Waals surface area contributed by atoms with Crippen molar-refractivity contribution in [2.75, 3.05) is 0 Å². The lowest BCUT2D eigenvalue weighted by atomic mass is 9.76. The molecule has 2 N–H and O–H groups in total. The predicted octanol–water partition coefficient (Wildman–Crippen LogP) is 3.56. The van der Waals surface area contributed by atoms with Crippen molar-refractivity contribution in [3.05, 3.63) is 23.7 Å². The standard InChI is InChI=1S/C13H21NO/c1-3-13(8-4-5-9-13)12(14)11-7-6-10(2)15-11/h6-7,12H,3-5,8-9,14H2,1-2H3. The summed E-state index contributed by atoms with van der Waals surface area (Å²) in [5, 5.41) is 0. The van der Waals surface area contributed by atoms with Gasteiger partial charge in [0.1, 0.15) is 11.5 Å². The van der Waals surface area contributed by atoms with Crippen LogP contribution < -0.4 is 5.73 Å². The van der Waals surface area contributed by atoms with E-state index in [9.17, 15) is 0 Å². The van der Waals surface area contributed by atoms with E-state index in [1.807, 2.05) is 19.1 Å². The number of hydrogen-bond acceptors (Lipinski definition) is 2. The van der Waals surface area contributed by atoms with Crippen molar-refractivity contribution in [3.63, 3.8) is 0 Å². The van der Waals surface area contributed by atoms with Crippen LogP contribution in [0.1, 0.15) is 56.6 Å². The Morgan fingerprint density at radius 1 is 1.40 bits per heavy atom. The van der Waals surface area contributed by atoms with Crippen molar-refractivity contribution in [1.82, 2.24) is 0 Å². The van der Waals surface area contributed by atoms with Gasteiger partial charge in [0, 0.05) is 0 Å². The molecule has 0 saturated heterocycles. The van der Waals surface area contributed by atoms with E-state index >= 15 is 0 Å². The van der Waals surface area contributed by atoms with Crippen LogP contribution in [-0.4, -0.2) is 0 Å². The molecule has 1 unspecified atom stereocenters. The number of furan rings is 1. The highest BCUT2D eigenvalue weighted by Gasteiger charge is 2.39. The lowest BCUT2D eigenvalue weighted by Crippen LogP contribution is -2.31. The van der Waals surface area contributed by atoms with Crippen molar-refractivity contribution in [1.29, 1.82) is 0 Å². The number of rotatable bonds is 3. The first-order chi connectivity index (χ1) is 7.18. The van der Waals surface area contributed by atoms with E-state index in [-0.39, 0.29) is 6.04 Å². The number of hydrogen-bond donors (Lipinski definition) is 1. The summed E-state index contributed by atoms with van der Waals surface area (Å²) in [6.45, 7) is 4.23. The Kier molecular flexibility index (Phi) is 2.87. The zero-order chi connectivity index (χ0) is 10.9. The fraction of sp³-hybridized carbons (Fsp3) is 0.692. The largest absolute Gasteiger partial charge is 0.465 e. The van der Waals surface area contributed by atoms with Crippen LogP contribution in [0.15, 0.2) is 16.5 Å². The molecular formula is C13H21NO. The Morgan fingerprint density at radius 2 is 2.07 bits per heavy atom. The minimum atomic E-state index is 0.0821. The van der Waals surface area contributed by atoms with Gasteiger partial charge in [-0.2, -0.15) is 0 Å². The minimum absolute atomic E-state index is 0.0821. The smallest absolute Gasteiger partial charge is 0.121 e. The van der Waals surface area contributed by atoms with Gasteiger partial charge in [0.05, 0.1) is 6.04 Å². The van der Waals surface area contributed by atoms with Crippen molar-refractivity contribution in [3.8, 4) is 0 Å². The van der Waals surface area contributed by atoms with Crippen molar-refractivity contribution in [2.45, 2.75) is 52.0 Å². The molecule has 1 atom stereocenters. The predicted molar refractivity (Wildman–Crippen MR) is 61.6 cm³/mol. The summed E-state index contributed by atoms with van der Waals surface area (Å²) >= 11 is 0. The third kappa shape index (κ3) is 1.83. The second-order valence-electron chi connectivity index (χ2n) is 4.85. The monoisotopic (exact) mass is 207 g/mol. The van der Waals surface area contributed by atoms with Gasteiger partial charge in [-0.15, -0.1) is 0 Å². The van der Waals surface area contributed by atoms with Gasteiger partial charge in [-0.25, -0.2) is 0 Å². The molecule has 1 heterocycles. The number of aryl methyl sites for hydroxylation is 1. The molecule has 1 saturated carbocycles. The van der Waals surface area contributed by atoms with Gasteiger partial charge in [0.2, 0.25) is 0 Å². The summed E-state index contributed by atoms with van der Waals surface area (Å²) in [6.07, 6.45) is 6.31. The Balaban J connectivity index is 2.21. The van der Waals surface area contributed by atoms with E-state index in [1.165, 1.54) is 25.7 Å². The van der Waals surface area contributed by atoms with Gasteiger partial charge >= 0.3 is 0 Å². The van der Waals surface area contributed by atoms with Gasteiger partial charge in [-0.3, -0.25) is 0 Å². The fourth-order valence-electron chi connectivity index (χ4n) is 2.89. The highest BCUT2D eigenvalue weighted by molar-refractivity contribution is 5.13. The van der Waals surface area contributed by atoms with Crippen LogP contribution in [-0.2, 0) is 0 Å². The third-order valence-corrected chi connectivity index (χ3v) is 4.03. The van der Waals surface area contributed by atoms with Crippen LogP contribution in [0.5, 0.6) is 0 Å². The molecular weight excluding hydrogens is 186 g/mol. The zero-order valence-corrected chi connectivity index (χ0v) is 9.75. The summed E-state index contributed by atoms with van der Waals surface area (Å²) in [6, 6.07) is 4.13. The second-order valence-corrected chi connectivity index (χ2v) is 4.85. The second kappa shape index (κ2) is 4.01. The molecule has 2 heteroatoms. The highest BCUT2D eigenvalue weighted by atomic mass is 16.3. The molecule has 84 valence electrons. The van der Waals surface area contributed by atoms with Gasteiger partial charge in [0.25, 0.3) is 0 Å². The fourth-order valence-corrected chi connectivity index (χ4v) is 2.89. The third-order valence-electron chi connectivity index (χ3n) is 4.03. The summed E-state index contributed by atoms with van der Waals surface area (Å²) in [5.41, 5.74) is 6.66. The van der Waals surface area contributed by atoms with Crippen LogP contribution in [0.25, 0.3) is 0 Å². The average Bonchev–Trinajstić information content (AvgIpc) is 2.86. The van der Waals surface area contributed by atoms with Crippen LogP contribution in [0, 0.1) is 12.3 Å². The van der Waals surface area contributed by atoms with Crippen molar-refractivity contribution < 1.29 is 4.42 Å². The number of nitrogens with two attached hydrogens (primary N) is 1. The molecule has 1 aromatic heterocycles. The van der Waals surface area contributed by atoms with E-state index in [0.717, 1.165) is 17.9 Å². The first kappa shape index (κ1) is 10.7. The maximum Gasteiger partial charge on any atom is 0.121 e. The van der Waals surface area contributed by atoms with E-state index in [1.54, 1.807) is 0 Å². The summed E-state index contributed by atoms with van der Waals surface area (Å²) < 4.78 is 5.66. The van der Waals surface area contributed by atoms with Gasteiger partial charge < -0.3 is 10.2 Å².